The molecule has 1 aliphatic rings. The first-order valence-electron chi connectivity index (χ1n) is 3.65. The van der Waals surface area contributed by atoms with Gasteiger partial charge in [-0.3, -0.25) is 4.55 Å². The largest absolute Gasteiger partial charge is 0.372 e. The van der Waals surface area contributed by atoms with Crippen LogP contribution in [0.5, 0.6) is 0 Å². The van der Waals surface area contributed by atoms with Gasteiger partial charge in [-0.2, -0.15) is 8.42 Å². The highest BCUT2D eigenvalue weighted by Gasteiger charge is 2.41. The van der Waals surface area contributed by atoms with Crippen molar-refractivity contribution in [2.24, 2.45) is 0 Å². The highest BCUT2D eigenvalue weighted by atomic mass is 32.2. The Kier molecular flexibility index (Phi) is 2.22. The maximum atomic E-state index is 10.6. The van der Waals surface area contributed by atoms with Crippen LogP contribution in [0, 0.1) is 0 Å². The van der Waals surface area contributed by atoms with E-state index in [1.54, 1.807) is 0 Å². The molecule has 0 aromatic heterocycles. The molecule has 0 aliphatic heterocycles. The van der Waals surface area contributed by atoms with Crippen molar-refractivity contribution in [3.63, 3.8) is 0 Å². The first kappa shape index (κ1) is 8.96. The number of hydrogen-bond acceptors (Lipinski definition) is 3. The van der Waals surface area contributed by atoms with Gasteiger partial charge in [0.25, 0.3) is 10.1 Å². The Bertz CT molecular complexity index is 225. The molecule has 0 saturated heterocycles. The van der Waals surface area contributed by atoms with Crippen molar-refractivity contribution in [1.29, 1.82) is 0 Å². The fourth-order valence-electron chi connectivity index (χ4n) is 1.36. The molecule has 2 N–H and O–H groups in total. The molecule has 0 aromatic carbocycles. The average molecular weight is 180 g/mol. The fourth-order valence-corrected chi connectivity index (χ4v) is 2.17. The first-order chi connectivity index (χ1) is 4.96. The molecule has 0 bridgehead atoms. The molecule has 1 fully saturated rings. The molecule has 0 heterocycles. The van der Waals surface area contributed by atoms with Crippen LogP contribution >= 0.6 is 0 Å². The van der Waals surface area contributed by atoms with Gasteiger partial charge < -0.3 is 5.11 Å². The van der Waals surface area contributed by atoms with Crippen molar-refractivity contribution in [3.8, 4) is 0 Å². The van der Waals surface area contributed by atoms with E-state index in [2.05, 4.69) is 0 Å². The summed E-state index contributed by atoms with van der Waals surface area (Å²) in [7, 11) is -4.27. The zero-order valence-electron chi connectivity index (χ0n) is 6.15. The summed E-state index contributed by atoms with van der Waals surface area (Å²) in [4.78, 5) is -1.86. The lowest BCUT2D eigenvalue weighted by Crippen LogP contribution is -2.39. The number of rotatable bonds is 1. The zero-order chi connectivity index (χ0) is 8.54. The van der Waals surface area contributed by atoms with Crippen LogP contribution in [-0.4, -0.2) is 23.0 Å². The van der Waals surface area contributed by atoms with Crippen LogP contribution in [0.25, 0.3) is 0 Å². The van der Waals surface area contributed by atoms with E-state index in [0.29, 0.717) is 12.8 Å². The number of aliphatic hydroxyl groups is 1. The third-order valence-electron chi connectivity index (χ3n) is 2.11. The molecule has 0 unspecified atom stereocenters. The highest BCUT2D eigenvalue weighted by Crippen LogP contribution is 2.31. The van der Waals surface area contributed by atoms with Crippen LogP contribution in [0.2, 0.25) is 0 Å². The Labute approximate surface area is 66.0 Å². The minimum atomic E-state index is -4.27. The van der Waals surface area contributed by atoms with E-state index in [1.165, 1.54) is 0 Å². The molecular weight excluding hydrogens is 168 g/mol. The van der Waals surface area contributed by atoms with Gasteiger partial charge in [0.15, 0.2) is 4.93 Å². The molecule has 4 nitrogen and oxygen atoms in total. The third-order valence-corrected chi connectivity index (χ3v) is 3.48. The molecule has 1 saturated carbocycles. The molecule has 0 amide bonds. The lowest BCUT2D eigenvalue weighted by molar-refractivity contribution is 0.0737. The van der Waals surface area contributed by atoms with E-state index in [0.717, 1.165) is 6.42 Å². The van der Waals surface area contributed by atoms with Crippen LogP contribution in [0.1, 0.15) is 32.1 Å². The van der Waals surface area contributed by atoms with Crippen LogP contribution in [0.3, 0.4) is 0 Å². The third kappa shape index (κ3) is 1.72. The second-order valence-electron chi connectivity index (χ2n) is 2.98. The molecule has 0 radical (unpaired) electrons. The van der Waals surface area contributed by atoms with Gasteiger partial charge in [0, 0.05) is 0 Å². The van der Waals surface area contributed by atoms with Crippen molar-refractivity contribution >= 4 is 10.1 Å². The summed E-state index contributed by atoms with van der Waals surface area (Å²) < 4.78 is 29.9. The summed E-state index contributed by atoms with van der Waals surface area (Å²) in [6, 6.07) is 0. The van der Waals surface area contributed by atoms with Crippen LogP contribution in [0.4, 0.5) is 0 Å². The molecule has 66 valence electrons. The molecular formula is C6H12O4S. The van der Waals surface area contributed by atoms with E-state index in [4.69, 9.17) is 4.55 Å². The van der Waals surface area contributed by atoms with E-state index in [1.807, 2.05) is 0 Å². The number of hydrogen-bond donors (Lipinski definition) is 2. The summed E-state index contributed by atoms with van der Waals surface area (Å²) >= 11 is 0. The van der Waals surface area contributed by atoms with Gasteiger partial charge in [0.1, 0.15) is 0 Å². The summed E-state index contributed by atoms with van der Waals surface area (Å²) in [5, 5.41) is 9.37. The quantitative estimate of drug-likeness (QED) is 0.577. The molecule has 1 aliphatic carbocycles. The van der Waals surface area contributed by atoms with Gasteiger partial charge in [-0.15, -0.1) is 0 Å². The van der Waals surface area contributed by atoms with Crippen LogP contribution < -0.4 is 0 Å². The standard InChI is InChI=1S/C6H12O4S/c7-6(11(8,9)10)4-2-1-3-5-6/h7H,1-5H2,(H,8,9,10). The van der Waals surface area contributed by atoms with E-state index in [-0.39, 0.29) is 12.8 Å². The molecule has 0 atom stereocenters. The smallest absolute Gasteiger partial charge is 0.294 e. The van der Waals surface area contributed by atoms with Gasteiger partial charge in [-0.1, -0.05) is 6.42 Å². The van der Waals surface area contributed by atoms with Crippen LogP contribution in [0.15, 0.2) is 0 Å². The average Bonchev–Trinajstić information content (AvgIpc) is 1.87. The maximum Gasteiger partial charge on any atom is 0.294 e. The predicted molar refractivity (Wildman–Crippen MR) is 39.6 cm³/mol. The van der Waals surface area contributed by atoms with E-state index >= 15 is 0 Å². The Morgan fingerprint density at radius 1 is 1.09 bits per heavy atom. The summed E-state index contributed by atoms with van der Waals surface area (Å²) in [5.74, 6) is 0. The highest BCUT2D eigenvalue weighted by molar-refractivity contribution is 7.87. The Hall–Kier alpha value is -0.130. The summed E-state index contributed by atoms with van der Waals surface area (Å²) in [5.41, 5.74) is 0. The van der Waals surface area contributed by atoms with E-state index in [9.17, 15) is 13.5 Å². The second kappa shape index (κ2) is 2.73. The maximum absolute atomic E-state index is 10.6. The van der Waals surface area contributed by atoms with Crippen molar-refractivity contribution in [3.05, 3.63) is 0 Å². The van der Waals surface area contributed by atoms with E-state index < -0.39 is 15.1 Å². The lowest BCUT2D eigenvalue weighted by Gasteiger charge is -2.28. The monoisotopic (exact) mass is 180 g/mol. The minimum Gasteiger partial charge on any atom is -0.372 e. The van der Waals surface area contributed by atoms with Gasteiger partial charge >= 0.3 is 0 Å². The minimum absolute atomic E-state index is 0.159. The molecule has 1 rings (SSSR count). The van der Waals surface area contributed by atoms with Gasteiger partial charge in [-0.05, 0) is 25.7 Å². The first-order valence-corrected chi connectivity index (χ1v) is 5.09. The van der Waals surface area contributed by atoms with Crippen molar-refractivity contribution < 1.29 is 18.1 Å². The molecule has 0 spiro atoms. The normalized spacial score (nSPS) is 24.9. The van der Waals surface area contributed by atoms with Crippen molar-refractivity contribution in [2.45, 2.75) is 37.0 Å². The molecule has 11 heavy (non-hydrogen) atoms. The van der Waals surface area contributed by atoms with Crippen LogP contribution in [-0.2, 0) is 10.1 Å². The van der Waals surface area contributed by atoms with Crippen molar-refractivity contribution in [1.82, 2.24) is 0 Å². The van der Waals surface area contributed by atoms with Gasteiger partial charge in [0.2, 0.25) is 0 Å². The lowest BCUT2D eigenvalue weighted by atomic mass is 9.97. The topological polar surface area (TPSA) is 74.6 Å². The summed E-state index contributed by atoms with van der Waals surface area (Å²) in [6.07, 6.45) is 2.57. The second-order valence-corrected chi connectivity index (χ2v) is 4.69. The zero-order valence-corrected chi connectivity index (χ0v) is 6.97. The van der Waals surface area contributed by atoms with Gasteiger partial charge in [0.05, 0.1) is 0 Å². The SMILES string of the molecule is O=S(=O)(O)C1(O)CCCCC1. The Morgan fingerprint density at radius 2 is 1.55 bits per heavy atom. The summed E-state index contributed by atoms with van der Waals surface area (Å²) in [6.45, 7) is 0. The fraction of sp³-hybridized carbons (Fsp3) is 1.00. The van der Waals surface area contributed by atoms with Gasteiger partial charge in [-0.25, -0.2) is 0 Å². The molecule has 5 heteroatoms. The Balaban J connectivity index is 2.81. The Morgan fingerprint density at radius 3 is 1.82 bits per heavy atom. The predicted octanol–water partition coefficient (Wildman–Crippen LogP) is 0.527. The van der Waals surface area contributed by atoms with Crippen molar-refractivity contribution in [2.75, 3.05) is 0 Å². The molecule has 0 aromatic rings.